The van der Waals surface area contributed by atoms with Crippen molar-refractivity contribution in [2.45, 2.75) is 19.9 Å². The minimum atomic E-state index is -0.714. The number of benzene rings is 2. The smallest absolute Gasteiger partial charge is 0.338 e. The van der Waals surface area contributed by atoms with Crippen molar-refractivity contribution in [3.8, 4) is 0 Å². The van der Waals surface area contributed by atoms with Crippen LogP contribution in [0.25, 0.3) is 6.08 Å². The van der Waals surface area contributed by atoms with Crippen molar-refractivity contribution in [2.24, 2.45) is 4.99 Å². The number of halogens is 2. The summed E-state index contributed by atoms with van der Waals surface area (Å²) in [7, 11) is 0. The van der Waals surface area contributed by atoms with Crippen LogP contribution >= 0.6 is 38.9 Å². The van der Waals surface area contributed by atoms with E-state index in [1.807, 2.05) is 48.5 Å². The van der Waals surface area contributed by atoms with E-state index in [1.165, 1.54) is 15.9 Å². The van der Waals surface area contributed by atoms with Crippen LogP contribution < -0.4 is 14.9 Å². The molecule has 0 amide bonds. The van der Waals surface area contributed by atoms with Crippen LogP contribution in [0, 0.1) is 0 Å². The molecule has 2 aromatic carbocycles. The van der Waals surface area contributed by atoms with Crippen LogP contribution in [0.2, 0.25) is 5.02 Å². The number of fused-ring (bicyclic) bond motifs is 1. The molecule has 1 unspecified atom stereocenters. The molecule has 8 heteroatoms. The second-order valence-electron chi connectivity index (χ2n) is 6.88. The molecule has 0 N–H and O–H groups in total. The van der Waals surface area contributed by atoms with Crippen LogP contribution in [0.4, 0.5) is 0 Å². The third-order valence-corrected chi connectivity index (χ3v) is 6.68. The summed E-state index contributed by atoms with van der Waals surface area (Å²) in [5.74, 6) is -0.505. The minimum Gasteiger partial charge on any atom is -0.463 e. The van der Waals surface area contributed by atoms with Crippen LogP contribution in [0.1, 0.15) is 31.0 Å². The van der Waals surface area contributed by atoms with E-state index in [9.17, 15) is 9.59 Å². The van der Waals surface area contributed by atoms with Gasteiger partial charge in [0.05, 0.1) is 22.4 Å². The van der Waals surface area contributed by atoms with Gasteiger partial charge in [-0.05, 0) is 49.2 Å². The zero-order chi connectivity index (χ0) is 22.1. The van der Waals surface area contributed by atoms with Gasteiger partial charge in [0.15, 0.2) is 4.80 Å². The Labute approximate surface area is 196 Å². The summed E-state index contributed by atoms with van der Waals surface area (Å²) < 4.78 is 8.27. The van der Waals surface area contributed by atoms with Crippen molar-refractivity contribution < 1.29 is 9.53 Å². The number of esters is 1. The van der Waals surface area contributed by atoms with E-state index in [0.717, 1.165) is 10.0 Å². The van der Waals surface area contributed by atoms with Gasteiger partial charge in [0.2, 0.25) is 0 Å². The van der Waals surface area contributed by atoms with Crippen molar-refractivity contribution in [3.63, 3.8) is 0 Å². The Bertz CT molecular complexity index is 1390. The van der Waals surface area contributed by atoms with Gasteiger partial charge in [-0.3, -0.25) is 9.36 Å². The molecule has 1 aliphatic heterocycles. The van der Waals surface area contributed by atoms with Crippen LogP contribution in [0.5, 0.6) is 0 Å². The van der Waals surface area contributed by atoms with Gasteiger partial charge in [-0.1, -0.05) is 69.2 Å². The molecule has 0 spiro atoms. The third kappa shape index (κ3) is 4.18. The van der Waals surface area contributed by atoms with Gasteiger partial charge in [0.25, 0.3) is 5.56 Å². The molecule has 0 aliphatic carbocycles. The number of hydrogen-bond donors (Lipinski definition) is 0. The topological polar surface area (TPSA) is 60.7 Å². The molecule has 0 bridgehead atoms. The molecule has 2 heterocycles. The molecular formula is C23H18BrClN2O3S. The molecular weight excluding hydrogens is 500 g/mol. The number of nitrogens with zero attached hydrogens (tertiary/aromatic N) is 2. The lowest BCUT2D eigenvalue weighted by atomic mass is 9.96. The first-order valence-corrected chi connectivity index (χ1v) is 11.6. The standard InChI is InChI=1S/C23H18BrClN2O3S/c1-3-30-22(29)19-13(2)26-23-27(20(19)16-9-4-5-10-17(16)25)21(28)18(31-23)12-14-7-6-8-15(24)11-14/h4-12,20H,3H2,1-2H3/b18-12-. The van der Waals surface area contributed by atoms with E-state index in [1.54, 1.807) is 19.9 Å². The Balaban J connectivity index is 1.99. The maximum absolute atomic E-state index is 13.5. The SMILES string of the molecule is CCOC(=O)C1=C(C)N=c2s/c(=C\c3cccc(Br)c3)c(=O)n2C1c1ccccc1Cl. The Kier molecular flexibility index (Phi) is 6.27. The molecule has 31 heavy (non-hydrogen) atoms. The first-order chi connectivity index (χ1) is 14.9. The Morgan fingerprint density at radius 2 is 2.06 bits per heavy atom. The fraction of sp³-hybridized carbons (Fsp3) is 0.174. The molecule has 5 nitrogen and oxygen atoms in total. The largest absolute Gasteiger partial charge is 0.463 e. The minimum absolute atomic E-state index is 0.220. The lowest BCUT2D eigenvalue weighted by Gasteiger charge is -2.25. The normalized spacial score (nSPS) is 16.1. The summed E-state index contributed by atoms with van der Waals surface area (Å²) in [6.45, 7) is 3.71. The van der Waals surface area contributed by atoms with Gasteiger partial charge in [0.1, 0.15) is 6.04 Å². The first-order valence-electron chi connectivity index (χ1n) is 9.60. The molecule has 0 saturated heterocycles. The number of thiazole rings is 1. The van der Waals surface area contributed by atoms with Crippen molar-refractivity contribution in [2.75, 3.05) is 6.61 Å². The average molecular weight is 518 g/mol. The van der Waals surface area contributed by atoms with E-state index in [4.69, 9.17) is 16.3 Å². The average Bonchev–Trinajstić information content (AvgIpc) is 3.02. The monoisotopic (exact) mass is 516 g/mol. The number of aromatic nitrogens is 1. The van der Waals surface area contributed by atoms with Crippen molar-refractivity contribution in [1.82, 2.24) is 4.57 Å². The maximum atomic E-state index is 13.5. The van der Waals surface area contributed by atoms with E-state index >= 15 is 0 Å². The molecule has 1 aromatic heterocycles. The lowest BCUT2D eigenvalue weighted by Crippen LogP contribution is -2.40. The fourth-order valence-electron chi connectivity index (χ4n) is 3.53. The van der Waals surface area contributed by atoms with E-state index in [2.05, 4.69) is 20.9 Å². The zero-order valence-corrected chi connectivity index (χ0v) is 19.9. The van der Waals surface area contributed by atoms with E-state index in [-0.39, 0.29) is 12.2 Å². The van der Waals surface area contributed by atoms with Gasteiger partial charge in [0, 0.05) is 9.50 Å². The third-order valence-electron chi connectivity index (χ3n) is 4.86. The van der Waals surface area contributed by atoms with Crippen LogP contribution in [-0.2, 0) is 9.53 Å². The molecule has 3 aromatic rings. The molecule has 0 saturated carbocycles. The summed E-state index contributed by atoms with van der Waals surface area (Å²) >= 11 is 11.2. The summed E-state index contributed by atoms with van der Waals surface area (Å²) in [5.41, 5.74) is 2.13. The fourth-order valence-corrected chi connectivity index (χ4v) is 5.23. The second-order valence-corrected chi connectivity index (χ2v) is 9.21. The number of carbonyl (C=O) groups excluding carboxylic acids is 1. The highest BCUT2D eigenvalue weighted by atomic mass is 79.9. The Morgan fingerprint density at radius 1 is 1.29 bits per heavy atom. The van der Waals surface area contributed by atoms with E-state index in [0.29, 0.717) is 31.2 Å². The van der Waals surface area contributed by atoms with Crippen molar-refractivity contribution in [1.29, 1.82) is 0 Å². The quantitative estimate of drug-likeness (QED) is 0.487. The molecule has 158 valence electrons. The number of allylic oxidation sites excluding steroid dienone is 1. The maximum Gasteiger partial charge on any atom is 0.338 e. The predicted octanol–water partition coefficient (Wildman–Crippen LogP) is 4.21. The zero-order valence-electron chi connectivity index (χ0n) is 16.8. The molecule has 0 radical (unpaired) electrons. The highest BCUT2D eigenvalue weighted by Gasteiger charge is 2.34. The van der Waals surface area contributed by atoms with Gasteiger partial charge in [-0.2, -0.15) is 0 Å². The Hall–Kier alpha value is -2.48. The molecule has 4 rings (SSSR count). The number of ether oxygens (including phenoxy) is 1. The summed E-state index contributed by atoms with van der Waals surface area (Å²) in [5, 5.41) is 0.463. The predicted molar refractivity (Wildman–Crippen MR) is 126 cm³/mol. The molecule has 0 fully saturated rings. The number of hydrogen-bond acceptors (Lipinski definition) is 5. The highest BCUT2D eigenvalue weighted by Crippen LogP contribution is 2.34. The molecule has 1 atom stereocenters. The van der Waals surface area contributed by atoms with Crippen LogP contribution in [-0.4, -0.2) is 17.1 Å². The second kappa shape index (κ2) is 8.94. The van der Waals surface area contributed by atoms with Crippen LogP contribution in [0.3, 0.4) is 0 Å². The molecule has 1 aliphatic rings. The first kappa shape index (κ1) is 21.7. The number of carbonyl (C=O) groups is 1. The van der Waals surface area contributed by atoms with Crippen molar-refractivity contribution in [3.05, 3.63) is 100 Å². The van der Waals surface area contributed by atoms with Gasteiger partial charge in [-0.15, -0.1) is 0 Å². The highest BCUT2D eigenvalue weighted by molar-refractivity contribution is 9.10. The van der Waals surface area contributed by atoms with Crippen LogP contribution in [0.15, 0.2) is 74.1 Å². The van der Waals surface area contributed by atoms with Gasteiger partial charge in [-0.25, -0.2) is 9.79 Å². The summed E-state index contributed by atoms with van der Waals surface area (Å²) in [6, 6.07) is 14.2. The Morgan fingerprint density at radius 3 is 2.77 bits per heavy atom. The van der Waals surface area contributed by atoms with Gasteiger partial charge >= 0.3 is 5.97 Å². The summed E-state index contributed by atoms with van der Waals surface area (Å²) in [4.78, 5) is 31.4. The van der Waals surface area contributed by atoms with Gasteiger partial charge < -0.3 is 4.74 Å². The van der Waals surface area contributed by atoms with E-state index < -0.39 is 12.0 Å². The number of rotatable bonds is 4. The lowest BCUT2D eigenvalue weighted by molar-refractivity contribution is -0.139. The summed E-state index contributed by atoms with van der Waals surface area (Å²) in [6.07, 6.45) is 1.82. The van der Waals surface area contributed by atoms with Crippen molar-refractivity contribution >= 4 is 50.9 Å².